The fourth-order valence-corrected chi connectivity index (χ4v) is 4.65. The lowest BCUT2D eigenvalue weighted by molar-refractivity contribution is 0.0924. The van der Waals surface area contributed by atoms with Gasteiger partial charge in [0, 0.05) is 33.5 Å². The van der Waals surface area contributed by atoms with Gasteiger partial charge in [-0.1, -0.05) is 78.9 Å². The highest BCUT2D eigenvalue weighted by Gasteiger charge is 2.44. The molecule has 0 saturated heterocycles. The molecule has 0 radical (unpaired) electrons. The number of benzene rings is 3. The molecule has 5 rings (SSSR count). The van der Waals surface area contributed by atoms with Crippen molar-refractivity contribution >= 4 is 29.2 Å². The largest absolute Gasteiger partial charge is 0.292 e. The SMILES string of the molecule is O=C(C1=C2c3ccccc3SN2NC1C(=O)c1ccccc1)c1ccccc1. The average Bonchev–Trinajstić information content (AvgIpc) is 3.30. The van der Waals surface area contributed by atoms with E-state index in [0.717, 1.165) is 16.2 Å². The van der Waals surface area contributed by atoms with Crippen LogP contribution in [-0.2, 0) is 0 Å². The van der Waals surface area contributed by atoms with Crippen molar-refractivity contribution in [2.75, 3.05) is 0 Å². The molecule has 5 heteroatoms. The van der Waals surface area contributed by atoms with Crippen LogP contribution < -0.4 is 5.43 Å². The lowest BCUT2D eigenvalue weighted by Gasteiger charge is -2.16. The van der Waals surface area contributed by atoms with E-state index in [1.165, 1.54) is 11.9 Å². The normalized spacial score (nSPS) is 17.4. The Bertz CT molecular complexity index is 1110. The van der Waals surface area contributed by atoms with Crippen LogP contribution in [0.2, 0.25) is 0 Å². The molecule has 1 atom stereocenters. The third-order valence-corrected chi connectivity index (χ3v) is 5.95. The number of hydrazine groups is 1. The molecule has 0 amide bonds. The van der Waals surface area contributed by atoms with E-state index in [9.17, 15) is 9.59 Å². The van der Waals surface area contributed by atoms with Gasteiger partial charge in [0.15, 0.2) is 11.6 Å². The summed E-state index contributed by atoms with van der Waals surface area (Å²) in [6.07, 6.45) is 0. The van der Waals surface area contributed by atoms with Crippen LogP contribution in [0.5, 0.6) is 0 Å². The molecule has 3 aromatic carbocycles. The van der Waals surface area contributed by atoms with E-state index in [-0.39, 0.29) is 11.6 Å². The Morgan fingerprint density at radius 3 is 2.11 bits per heavy atom. The third-order valence-electron chi connectivity index (χ3n) is 4.93. The minimum atomic E-state index is -0.717. The van der Waals surface area contributed by atoms with E-state index in [0.29, 0.717) is 16.7 Å². The second kappa shape index (κ2) is 6.78. The molecule has 0 spiro atoms. The van der Waals surface area contributed by atoms with Gasteiger partial charge >= 0.3 is 0 Å². The summed E-state index contributed by atoms with van der Waals surface area (Å²) in [5.74, 6) is -0.239. The van der Waals surface area contributed by atoms with Crippen LogP contribution in [0, 0.1) is 0 Å². The molecule has 0 aliphatic carbocycles. The van der Waals surface area contributed by atoms with E-state index in [2.05, 4.69) is 5.43 Å². The first-order valence-corrected chi connectivity index (χ1v) is 9.78. The molecular weight excluding hydrogens is 368 g/mol. The quantitative estimate of drug-likeness (QED) is 0.535. The van der Waals surface area contributed by atoms with E-state index >= 15 is 0 Å². The lowest BCUT2D eigenvalue weighted by Crippen LogP contribution is -2.39. The van der Waals surface area contributed by atoms with Gasteiger partial charge in [0.1, 0.15) is 6.04 Å². The van der Waals surface area contributed by atoms with Crippen LogP contribution >= 0.6 is 11.9 Å². The Morgan fingerprint density at radius 2 is 1.39 bits per heavy atom. The number of hydrogen-bond acceptors (Lipinski definition) is 5. The van der Waals surface area contributed by atoms with Gasteiger partial charge in [-0.3, -0.25) is 9.59 Å². The number of nitrogens with one attached hydrogen (secondary N) is 1. The van der Waals surface area contributed by atoms with Crippen molar-refractivity contribution in [2.24, 2.45) is 0 Å². The molecule has 136 valence electrons. The lowest BCUT2D eigenvalue weighted by atomic mass is 9.90. The summed E-state index contributed by atoms with van der Waals surface area (Å²) in [5, 5.41) is 0. The number of hydrogen-bond donors (Lipinski definition) is 1. The molecule has 0 aromatic heterocycles. The highest BCUT2D eigenvalue weighted by molar-refractivity contribution is 7.97. The van der Waals surface area contributed by atoms with Gasteiger partial charge in [0.2, 0.25) is 0 Å². The predicted molar refractivity (Wildman–Crippen MR) is 110 cm³/mol. The molecule has 2 heterocycles. The second-order valence-corrected chi connectivity index (χ2v) is 7.62. The first-order chi connectivity index (χ1) is 13.7. The van der Waals surface area contributed by atoms with Crippen LogP contribution in [0.4, 0.5) is 0 Å². The molecule has 0 fully saturated rings. The monoisotopic (exact) mass is 384 g/mol. The van der Waals surface area contributed by atoms with Gasteiger partial charge in [-0.2, -0.15) is 0 Å². The Kier molecular flexibility index (Phi) is 4.11. The van der Waals surface area contributed by atoms with Crippen molar-refractivity contribution in [1.82, 2.24) is 9.84 Å². The Morgan fingerprint density at radius 1 is 0.786 bits per heavy atom. The van der Waals surface area contributed by atoms with Crippen LogP contribution in [-0.4, -0.2) is 22.0 Å². The van der Waals surface area contributed by atoms with Crippen LogP contribution in [0.1, 0.15) is 26.3 Å². The summed E-state index contributed by atoms with van der Waals surface area (Å²) in [6, 6.07) is 25.4. The number of carbonyl (C=O) groups is 2. The molecule has 0 bridgehead atoms. The molecule has 3 aromatic rings. The Balaban J connectivity index is 1.66. The van der Waals surface area contributed by atoms with E-state index < -0.39 is 6.04 Å². The van der Waals surface area contributed by atoms with E-state index in [1.807, 2.05) is 65.1 Å². The van der Waals surface area contributed by atoms with Crippen molar-refractivity contribution < 1.29 is 9.59 Å². The Labute approximate surface area is 167 Å². The standard InChI is InChI=1S/C23H16N2O2S/c26-22(15-9-3-1-4-10-15)19-20(23(27)16-11-5-2-6-12-16)24-25-21(19)17-13-7-8-14-18(17)28-25/h1-14,20,24H. The fraction of sp³-hybridized carbons (Fsp3) is 0.0435. The summed E-state index contributed by atoms with van der Waals surface area (Å²) < 4.78 is 1.85. The molecule has 2 aliphatic heterocycles. The number of Topliss-reactive ketones (excluding diaryl/α,β-unsaturated/α-hetero) is 2. The van der Waals surface area contributed by atoms with Crippen molar-refractivity contribution in [3.8, 4) is 0 Å². The molecule has 28 heavy (non-hydrogen) atoms. The topological polar surface area (TPSA) is 49.4 Å². The Hall–Kier alpha value is -3.15. The first-order valence-electron chi connectivity index (χ1n) is 9.01. The maximum Gasteiger partial charge on any atom is 0.193 e. The highest BCUT2D eigenvalue weighted by atomic mass is 32.2. The number of ketones is 2. The molecule has 4 nitrogen and oxygen atoms in total. The number of nitrogens with zero attached hydrogens (tertiary/aromatic N) is 1. The van der Waals surface area contributed by atoms with Crippen LogP contribution in [0.25, 0.3) is 5.70 Å². The van der Waals surface area contributed by atoms with Crippen molar-refractivity contribution in [3.63, 3.8) is 0 Å². The van der Waals surface area contributed by atoms with Gasteiger partial charge < -0.3 is 0 Å². The van der Waals surface area contributed by atoms with Gasteiger partial charge in [-0.05, 0) is 6.07 Å². The van der Waals surface area contributed by atoms with Crippen molar-refractivity contribution in [3.05, 3.63) is 107 Å². The molecule has 2 aliphatic rings. The first kappa shape index (κ1) is 17.0. The van der Waals surface area contributed by atoms with Gasteiger partial charge in [0.25, 0.3) is 0 Å². The fourth-order valence-electron chi connectivity index (χ4n) is 3.60. The summed E-state index contributed by atoms with van der Waals surface area (Å²) in [5.41, 5.74) is 6.66. The van der Waals surface area contributed by atoms with Crippen LogP contribution in [0.15, 0.2) is 95.4 Å². The predicted octanol–water partition coefficient (Wildman–Crippen LogP) is 4.37. The summed E-state index contributed by atoms with van der Waals surface area (Å²) in [6.45, 7) is 0. The van der Waals surface area contributed by atoms with Gasteiger partial charge in [-0.15, -0.1) is 0 Å². The zero-order valence-corrected chi connectivity index (χ0v) is 15.6. The maximum absolute atomic E-state index is 13.5. The molecule has 1 unspecified atom stereocenters. The number of carbonyl (C=O) groups excluding carboxylic acids is 2. The zero-order chi connectivity index (χ0) is 19.1. The third kappa shape index (κ3) is 2.68. The summed E-state index contributed by atoms with van der Waals surface area (Å²) in [4.78, 5) is 27.8. The van der Waals surface area contributed by atoms with Crippen LogP contribution in [0.3, 0.4) is 0 Å². The summed E-state index contributed by atoms with van der Waals surface area (Å²) >= 11 is 1.50. The second-order valence-electron chi connectivity index (χ2n) is 6.63. The summed E-state index contributed by atoms with van der Waals surface area (Å²) in [7, 11) is 0. The maximum atomic E-state index is 13.5. The van der Waals surface area contributed by atoms with Crippen molar-refractivity contribution in [1.29, 1.82) is 0 Å². The molecular formula is C23H16N2O2S. The molecule has 0 saturated carbocycles. The zero-order valence-electron chi connectivity index (χ0n) is 14.8. The molecule has 1 N–H and O–H groups in total. The number of rotatable bonds is 4. The minimum absolute atomic E-state index is 0.111. The average molecular weight is 384 g/mol. The van der Waals surface area contributed by atoms with E-state index in [1.54, 1.807) is 24.3 Å². The van der Waals surface area contributed by atoms with Crippen molar-refractivity contribution in [2.45, 2.75) is 10.9 Å². The number of fused-ring (bicyclic) bond motifs is 3. The van der Waals surface area contributed by atoms with Gasteiger partial charge in [0.05, 0.1) is 11.3 Å². The highest BCUT2D eigenvalue weighted by Crippen LogP contribution is 2.48. The smallest absolute Gasteiger partial charge is 0.193 e. The van der Waals surface area contributed by atoms with E-state index in [4.69, 9.17) is 0 Å². The minimum Gasteiger partial charge on any atom is -0.292 e. The van der Waals surface area contributed by atoms with Gasteiger partial charge in [-0.25, -0.2) is 9.84 Å².